The smallest absolute Gasteiger partial charge is 0.267 e. The second-order valence-corrected chi connectivity index (χ2v) is 6.27. The van der Waals surface area contributed by atoms with Gasteiger partial charge in [0.05, 0.1) is 5.69 Å². The van der Waals surface area contributed by atoms with Gasteiger partial charge in [0.15, 0.2) is 0 Å². The Balaban J connectivity index is 1.68. The molecule has 1 aromatic carbocycles. The van der Waals surface area contributed by atoms with E-state index in [1.54, 1.807) is 0 Å². The molecule has 0 atom stereocenters. The fourth-order valence-electron chi connectivity index (χ4n) is 3.39. The van der Waals surface area contributed by atoms with E-state index in [9.17, 15) is 4.79 Å². The van der Waals surface area contributed by atoms with E-state index in [-0.39, 0.29) is 5.56 Å². The van der Waals surface area contributed by atoms with Crippen molar-refractivity contribution in [2.24, 2.45) is 0 Å². The van der Waals surface area contributed by atoms with Gasteiger partial charge < -0.3 is 0 Å². The van der Waals surface area contributed by atoms with Crippen molar-refractivity contribution in [1.82, 2.24) is 15.1 Å². The second-order valence-electron chi connectivity index (χ2n) is 6.27. The summed E-state index contributed by atoms with van der Waals surface area (Å²) in [7, 11) is 0. The quantitative estimate of drug-likeness (QED) is 0.892. The van der Waals surface area contributed by atoms with E-state index in [4.69, 9.17) is 0 Å². The molecule has 0 saturated heterocycles. The van der Waals surface area contributed by atoms with Crippen LogP contribution >= 0.6 is 0 Å². The number of rotatable bonds is 6. The standard InChI is InChI=1S/C19H25N3O/c1-2-22(14-15-8-4-3-5-9-15)13-12-18-16-10-6-7-11-17(16)19(23)21-20-18/h3-5,8-9H,2,6-7,10-14H2,1H3,(H,21,23). The van der Waals surface area contributed by atoms with Crippen LogP contribution in [0, 0.1) is 0 Å². The number of aromatic amines is 1. The van der Waals surface area contributed by atoms with Gasteiger partial charge >= 0.3 is 0 Å². The summed E-state index contributed by atoms with van der Waals surface area (Å²) in [6.45, 7) is 5.14. The molecule has 4 heteroatoms. The molecule has 1 aliphatic rings. The summed E-state index contributed by atoms with van der Waals surface area (Å²) in [5.41, 5.74) is 4.64. The summed E-state index contributed by atoms with van der Waals surface area (Å²) in [4.78, 5) is 14.4. The lowest BCUT2D eigenvalue weighted by Crippen LogP contribution is -2.28. The molecule has 1 N–H and O–H groups in total. The molecule has 0 spiro atoms. The van der Waals surface area contributed by atoms with Gasteiger partial charge in [-0.25, -0.2) is 5.10 Å². The van der Waals surface area contributed by atoms with Crippen molar-refractivity contribution in [2.75, 3.05) is 13.1 Å². The highest BCUT2D eigenvalue weighted by atomic mass is 16.1. The predicted octanol–water partition coefficient (Wildman–Crippen LogP) is 2.71. The van der Waals surface area contributed by atoms with Crippen LogP contribution in [0.4, 0.5) is 0 Å². The molecular weight excluding hydrogens is 286 g/mol. The summed E-state index contributed by atoms with van der Waals surface area (Å²) in [6.07, 6.45) is 5.11. The molecule has 1 aromatic heterocycles. The Morgan fingerprint density at radius 2 is 1.87 bits per heavy atom. The van der Waals surface area contributed by atoms with E-state index in [0.29, 0.717) is 0 Å². The first-order valence-electron chi connectivity index (χ1n) is 8.63. The molecule has 4 nitrogen and oxygen atoms in total. The Bertz CT molecular complexity index is 694. The van der Waals surface area contributed by atoms with Gasteiger partial charge in [-0.3, -0.25) is 9.69 Å². The third-order valence-electron chi connectivity index (χ3n) is 4.74. The zero-order valence-electron chi connectivity index (χ0n) is 13.8. The normalized spacial score (nSPS) is 14.0. The molecule has 3 rings (SSSR count). The highest BCUT2D eigenvalue weighted by Crippen LogP contribution is 2.20. The molecule has 0 amide bonds. The van der Waals surface area contributed by atoms with Crippen molar-refractivity contribution < 1.29 is 0 Å². The molecule has 23 heavy (non-hydrogen) atoms. The number of aromatic nitrogens is 2. The summed E-state index contributed by atoms with van der Waals surface area (Å²) in [5.74, 6) is 0. The molecule has 0 saturated carbocycles. The minimum Gasteiger partial charge on any atom is -0.299 e. The lowest BCUT2D eigenvalue weighted by atomic mass is 9.91. The molecular formula is C19H25N3O. The summed E-state index contributed by atoms with van der Waals surface area (Å²) >= 11 is 0. The zero-order chi connectivity index (χ0) is 16.1. The zero-order valence-corrected chi connectivity index (χ0v) is 13.8. The van der Waals surface area contributed by atoms with Crippen LogP contribution in [0.25, 0.3) is 0 Å². The average Bonchev–Trinajstić information content (AvgIpc) is 2.61. The van der Waals surface area contributed by atoms with E-state index in [1.807, 2.05) is 0 Å². The van der Waals surface area contributed by atoms with Gasteiger partial charge in [-0.1, -0.05) is 37.3 Å². The van der Waals surface area contributed by atoms with Crippen molar-refractivity contribution >= 4 is 0 Å². The molecule has 122 valence electrons. The molecule has 1 heterocycles. The Labute approximate surface area is 137 Å². The summed E-state index contributed by atoms with van der Waals surface area (Å²) in [6, 6.07) is 10.6. The highest BCUT2D eigenvalue weighted by Gasteiger charge is 2.18. The number of nitrogens with one attached hydrogen (secondary N) is 1. The van der Waals surface area contributed by atoms with Gasteiger partial charge in [0, 0.05) is 25.1 Å². The maximum Gasteiger partial charge on any atom is 0.267 e. The third kappa shape index (κ3) is 3.88. The van der Waals surface area contributed by atoms with Crippen LogP contribution in [0.3, 0.4) is 0 Å². The lowest BCUT2D eigenvalue weighted by Gasteiger charge is -2.22. The fraction of sp³-hybridized carbons (Fsp3) is 0.474. The first-order chi connectivity index (χ1) is 11.3. The maximum absolute atomic E-state index is 11.9. The van der Waals surface area contributed by atoms with Crippen molar-refractivity contribution in [3.05, 3.63) is 63.1 Å². The molecule has 1 aliphatic carbocycles. The number of fused-ring (bicyclic) bond motifs is 1. The number of nitrogens with zero attached hydrogens (tertiary/aromatic N) is 2. The monoisotopic (exact) mass is 311 g/mol. The minimum absolute atomic E-state index is 0.0140. The van der Waals surface area contributed by atoms with E-state index in [2.05, 4.69) is 52.4 Å². The van der Waals surface area contributed by atoms with Crippen molar-refractivity contribution in [3.63, 3.8) is 0 Å². The van der Waals surface area contributed by atoms with Crippen LogP contribution in [0.15, 0.2) is 35.1 Å². The van der Waals surface area contributed by atoms with E-state index in [1.165, 1.54) is 17.5 Å². The van der Waals surface area contributed by atoms with E-state index >= 15 is 0 Å². The average molecular weight is 311 g/mol. The summed E-state index contributed by atoms with van der Waals surface area (Å²) in [5, 5.41) is 7.04. The highest BCUT2D eigenvalue weighted by molar-refractivity contribution is 5.30. The SMILES string of the molecule is CCN(CCc1n[nH]c(=O)c2c1CCCC2)Cc1ccccc1. The third-order valence-corrected chi connectivity index (χ3v) is 4.74. The van der Waals surface area contributed by atoms with Gasteiger partial charge in [-0.05, 0) is 43.4 Å². The van der Waals surface area contributed by atoms with Crippen LogP contribution < -0.4 is 5.56 Å². The molecule has 0 radical (unpaired) electrons. The minimum atomic E-state index is 0.0140. The van der Waals surface area contributed by atoms with Crippen LogP contribution in [-0.2, 0) is 25.8 Å². The molecule has 2 aromatic rings. The first-order valence-corrected chi connectivity index (χ1v) is 8.63. The number of likely N-dealkylation sites (N-methyl/N-ethyl adjacent to an activating group) is 1. The van der Waals surface area contributed by atoms with Crippen LogP contribution in [0.1, 0.15) is 42.1 Å². The van der Waals surface area contributed by atoms with Crippen molar-refractivity contribution in [3.8, 4) is 0 Å². The number of benzene rings is 1. The van der Waals surface area contributed by atoms with Gasteiger partial charge in [0.1, 0.15) is 0 Å². The van der Waals surface area contributed by atoms with Crippen LogP contribution in [-0.4, -0.2) is 28.2 Å². The fourth-order valence-corrected chi connectivity index (χ4v) is 3.39. The van der Waals surface area contributed by atoms with Crippen molar-refractivity contribution in [1.29, 1.82) is 0 Å². The molecule has 0 bridgehead atoms. The number of hydrogen-bond donors (Lipinski definition) is 1. The number of H-pyrrole nitrogens is 1. The molecule has 0 unspecified atom stereocenters. The second kappa shape index (κ2) is 7.55. The lowest BCUT2D eigenvalue weighted by molar-refractivity contribution is 0.282. The van der Waals surface area contributed by atoms with Crippen molar-refractivity contribution in [2.45, 2.75) is 45.6 Å². The van der Waals surface area contributed by atoms with Gasteiger partial charge in [0.2, 0.25) is 0 Å². The predicted molar refractivity (Wildman–Crippen MR) is 92.6 cm³/mol. The Morgan fingerprint density at radius 1 is 1.13 bits per heavy atom. The first kappa shape index (κ1) is 15.9. The number of hydrogen-bond acceptors (Lipinski definition) is 3. The largest absolute Gasteiger partial charge is 0.299 e. The van der Waals surface area contributed by atoms with Crippen LogP contribution in [0.2, 0.25) is 0 Å². The Morgan fingerprint density at radius 3 is 2.61 bits per heavy atom. The Kier molecular flexibility index (Phi) is 5.23. The topological polar surface area (TPSA) is 49.0 Å². The van der Waals surface area contributed by atoms with E-state index < -0.39 is 0 Å². The van der Waals surface area contributed by atoms with E-state index in [0.717, 1.165) is 56.6 Å². The van der Waals surface area contributed by atoms with Crippen LogP contribution in [0.5, 0.6) is 0 Å². The van der Waals surface area contributed by atoms with Gasteiger partial charge in [0.25, 0.3) is 5.56 Å². The Hall–Kier alpha value is -1.94. The molecule has 0 aliphatic heterocycles. The van der Waals surface area contributed by atoms with Gasteiger partial charge in [-0.15, -0.1) is 0 Å². The maximum atomic E-state index is 11.9. The van der Waals surface area contributed by atoms with Gasteiger partial charge in [-0.2, -0.15) is 5.10 Å². The molecule has 0 fully saturated rings. The summed E-state index contributed by atoms with van der Waals surface area (Å²) < 4.78 is 0.